The van der Waals surface area contributed by atoms with E-state index in [-0.39, 0.29) is 42.8 Å². The molecule has 0 spiro atoms. The maximum Gasteiger partial charge on any atom is 0.309 e. The number of nitrogens with one attached hydrogen (secondary N) is 1. The standard InChI is InChI=1S/C32H44ClN7O2S.C25H29ClN6O2S.C24H27ClN4O2S.C21H21ClN4O2S/c1-23-24(2)43-32-29(23)30(26-6-8-27(33)9-7-26)34-28(31-36-35-25(3)40(31)32)22-39(12-4-10-37-14-18-41-19-15-37)13-5-11-38-16-20-42-21-17-38;1-15-16(2)35-25-22(15)23(18-4-6-19(26)7-5-18)28-20(24-30-29-17(3)32(24)25)14-27-21(33)8-9-31-10-12-34-13-11-31;1-13-14(2)32-21-19(13)20(16-8-10-17(25)11-9-16)26-24(7,12-18(30)31-23(4,5)6)22-28-27-15(3)29(21)22;1-11-12(2)29-19-17(11)18(14-6-8-15(22)9-7-14)23-21(4,10-16(27)28-5)20-25-24-13(3)26(19)20/h6-9,28H,4-5,10-22H2,1-3H3;4-7,20H,8-14H2,1-3H3,(H,27,33);8-11H,12H2,1-7H3;6-9H,10H2,1-5H3/t28-;20-;24-;21-/m0000/s1. The number of hydrogen-bond donors (Lipinski definition) is 1. The van der Waals surface area contributed by atoms with Crippen molar-refractivity contribution >= 4 is 132 Å². The maximum absolute atomic E-state index is 12.9. The van der Waals surface area contributed by atoms with Crippen LogP contribution in [0.1, 0.15) is 212 Å². The van der Waals surface area contributed by atoms with Gasteiger partial charge in [-0.05, 0) is 228 Å². The van der Waals surface area contributed by atoms with Gasteiger partial charge < -0.3 is 33.9 Å². The number of esters is 2. The number of benzene rings is 4. The molecule has 0 radical (unpaired) electrons. The van der Waals surface area contributed by atoms with Crippen LogP contribution in [-0.4, -0.2) is 257 Å². The van der Waals surface area contributed by atoms with Crippen LogP contribution in [0.25, 0.3) is 20.0 Å². The summed E-state index contributed by atoms with van der Waals surface area (Å²) in [5.74, 6) is 5.48. The first-order valence-corrected chi connectivity index (χ1v) is 52.0. The van der Waals surface area contributed by atoms with E-state index in [1.54, 1.807) is 45.3 Å². The fraction of sp³-hybridized carbons (Fsp3) is 0.461. The zero-order valence-electron chi connectivity index (χ0n) is 82.2. The molecule has 4 aromatic carbocycles. The molecule has 734 valence electrons. The van der Waals surface area contributed by atoms with Crippen LogP contribution in [0.2, 0.25) is 20.1 Å². The molecule has 4 atom stereocenters. The first-order valence-electron chi connectivity index (χ1n) is 47.2. The molecule has 3 saturated heterocycles. The average Bonchev–Trinajstić information content (AvgIpc) is 1.59. The molecule has 0 aliphatic carbocycles. The smallest absolute Gasteiger partial charge is 0.309 e. The highest BCUT2D eigenvalue weighted by atomic mass is 35.5. The van der Waals surface area contributed by atoms with Crippen molar-refractivity contribution in [3.8, 4) is 20.0 Å². The van der Waals surface area contributed by atoms with E-state index >= 15 is 0 Å². The summed E-state index contributed by atoms with van der Waals surface area (Å²) in [6.07, 6.45) is 2.79. The summed E-state index contributed by atoms with van der Waals surface area (Å²) in [6, 6.07) is 30.6. The van der Waals surface area contributed by atoms with E-state index in [1.165, 1.54) is 43.3 Å². The van der Waals surface area contributed by atoms with Gasteiger partial charge in [-0.25, -0.2) is 0 Å². The van der Waals surface area contributed by atoms with Gasteiger partial charge in [0.25, 0.3) is 0 Å². The molecule has 19 rings (SSSR count). The number of morpholine rings is 3. The van der Waals surface area contributed by atoms with Crippen molar-refractivity contribution < 1.29 is 38.1 Å². The predicted molar refractivity (Wildman–Crippen MR) is 555 cm³/mol. The van der Waals surface area contributed by atoms with Crippen LogP contribution in [0, 0.1) is 83.1 Å². The summed E-state index contributed by atoms with van der Waals surface area (Å²) in [6.45, 7) is 51.1. The second kappa shape index (κ2) is 44.0. The average molecular weight is 2040 g/mol. The number of amides is 1. The van der Waals surface area contributed by atoms with Crippen LogP contribution in [0.3, 0.4) is 0 Å². The molecule has 0 bridgehead atoms. The lowest BCUT2D eigenvalue weighted by Gasteiger charge is -2.30. The minimum atomic E-state index is -0.961. The third-order valence-electron chi connectivity index (χ3n) is 26.3. The molecule has 15 heterocycles. The van der Waals surface area contributed by atoms with Crippen molar-refractivity contribution in [1.82, 2.24) is 84.0 Å². The Morgan fingerprint density at radius 1 is 0.432 bits per heavy atom. The molecule has 0 unspecified atom stereocenters. The van der Waals surface area contributed by atoms with Crippen LogP contribution >= 0.6 is 91.8 Å². The SMILES string of the molecule is COC(=O)C[C@]1(C)N=C(c2ccc(Cl)cc2)c2c(sc(C)c2C)-n2c(C)nnc21.Cc1sc2c(c1C)C(c1ccc(Cl)cc1)=N[C@@H](CN(CCCN1CCOCC1)CCCN1CCOCC1)c1nnc(C)n1-2.Cc1sc2c(c1C)C(c1ccc(Cl)cc1)=N[C@@H](CNC(=O)CCN1CCOCC1)c1nnc(C)n1-2.Cc1sc2c(c1C)C(c1ccc(Cl)cc1)=N[C@@](C)(CC(=O)OC(C)(C)C)c1nnc(C)n1-2. The first-order chi connectivity index (χ1) is 66.5. The predicted octanol–water partition coefficient (Wildman–Crippen LogP) is 18.4. The molecule has 0 saturated carbocycles. The number of carbonyl (C=O) groups excluding carboxylic acids is 3. The monoisotopic (exact) mass is 2040 g/mol. The van der Waals surface area contributed by atoms with Gasteiger partial charge in [0.2, 0.25) is 5.91 Å². The maximum atomic E-state index is 12.9. The van der Waals surface area contributed by atoms with Crippen molar-refractivity contribution in [3.63, 3.8) is 0 Å². The number of halogens is 4. The fourth-order valence-electron chi connectivity index (χ4n) is 18.4. The molecular weight excluding hydrogens is 1920 g/mol. The molecule has 37 heteroatoms. The van der Waals surface area contributed by atoms with Gasteiger partial charge >= 0.3 is 11.9 Å². The molecule has 1 amide bonds. The van der Waals surface area contributed by atoms with Gasteiger partial charge in [-0.2, -0.15) is 0 Å². The van der Waals surface area contributed by atoms with Crippen molar-refractivity contribution in [3.05, 3.63) is 250 Å². The van der Waals surface area contributed by atoms with E-state index in [0.29, 0.717) is 39.7 Å². The van der Waals surface area contributed by atoms with Crippen molar-refractivity contribution in [2.45, 2.75) is 179 Å². The molecule has 29 nitrogen and oxygen atoms in total. The summed E-state index contributed by atoms with van der Waals surface area (Å²) in [7, 11) is 1.38. The quantitative estimate of drug-likeness (QED) is 0.0582. The first kappa shape index (κ1) is 102. The Morgan fingerprint density at radius 2 is 0.748 bits per heavy atom. The lowest BCUT2D eigenvalue weighted by Crippen LogP contribution is -2.40. The zero-order chi connectivity index (χ0) is 98.6. The number of hydrogen-bond acceptors (Lipinski definition) is 28. The number of fused-ring (bicyclic) bond motifs is 12. The highest BCUT2D eigenvalue weighted by molar-refractivity contribution is 7.16. The summed E-state index contributed by atoms with van der Waals surface area (Å²) < 4.78 is 35.6. The molecular formula is C102H121Cl4N21O8S4. The van der Waals surface area contributed by atoms with Crippen LogP contribution < -0.4 is 5.32 Å². The Balaban J connectivity index is 0.000000135. The summed E-state index contributed by atoms with van der Waals surface area (Å²) >= 11 is 31.6. The Bertz CT molecular complexity index is 6580. The third kappa shape index (κ3) is 22.8. The zero-order valence-corrected chi connectivity index (χ0v) is 88.5. The van der Waals surface area contributed by atoms with Crippen molar-refractivity contribution in [1.29, 1.82) is 0 Å². The van der Waals surface area contributed by atoms with Crippen LogP contribution in [0.4, 0.5) is 0 Å². The molecule has 7 aliphatic rings. The Kier molecular flexibility index (Phi) is 32.3. The normalized spacial score (nSPS) is 18.5. The number of aryl methyl sites for hydroxylation is 8. The van der Waals surface area contributed by atoms with Crippen molar-refractivity contribution in [2.24, 2.45) is 20.0 Å². The molecule has 12 aromatic rings. The molecule has 3 fully saturated rings. The molecule has 1 N–H and O–H groups in total. The van der Waals surface area contributed by atoms with Gasteiger partial charge in [-0.3, -0.25) is 67.3 Å². The van der Waals surface area contributed by atoms with Gasteiger partial charge in [0.05, 0.1) is 82.4 Å². The lowest BCUT2D eigenvalue weighted by molar-refractivity contribution is -0.156. The van der Waals surface area contributed by atoms with E-state index in [0.717, 1.165) is 264 Å². The minimum Gasteiger partial charge on any atom is -0.469 e. The van der Waals surface area contributed by atoms with E-state index in [2.05, 4.69) is 144 Å². The van der Waals surface area contributed by atoms with Crippen LogP contribution in [-0.2, 0) is 49.1 Å². The van der Waals surface area contributed by atoms with E-state index in [4.69, 9.17) is 95.2 Å². The highest BCUT2D eigenvalue weighted by Crippen LogP contribution is 2.47. The number of aliphatic imine (C=N–C) groups is 4. The Labute approximate surface area is 848 Å². The van der Waals surface area contributed by atoms with Gasteiger partial charge in [0.15, 0.2) is 23.3 Å². The number of rotatable bonds is 23. The highest BCUT2D eigenvalue weighted by Gasteiger charge is 2.45. The van der Waals surface area contributed by atoms with E-state index < -0.39 is 16.7 Å². The Hall–Kier alpha value is -9.79. The number of nitrogens with zero attached hydrogens (tertiary/aromatic N) is 20. The molecule has 139 heavy (non-hydrogen) atoms. The summed E-state index contributed by atoms with van der Waals surface area (Å²) in [5, 5.41) is 45.8. The summed E-state index contributed by atoms with van der Waals surface area (Å²) in [4.78, 5) is 73.8. The third-order valence-corrected chi connectivity index (χ3v) is 32.1. The van der Waals surface area contributed by atoms with Crippen LogP contribution in [0.5, 0.6) is 0 Å². The molecule has 8 aromatic heterocycles. The fourth-order valence-corrected chi connectivity index (χ4v) is 23.8. The van der Waals surface area contributed by atoms with Gasteiger partial charge in [-0.15, -0.1) is 86.1 Å². The van der Waals surface area contributed by atoms with Crippen LogP contribution in [0.15, 0.2) is 117 Å². The minimum absolute atomic E-state index is 0.00793. The topological polar surface area (TPSA) is 295 Å². The van der Waals surface area contributed by atoms with E-state index in [1.807, 2.05) is 149 Å². The van der Waals surface area contributed by atoms with Gasteiger partial charge in [0.1, 0.15) is 72.1 Å². The van der Waals surface area contributed by atoms with Crippen molar-refractivity contribution in [2.75, 3.05) is 132 Å². The van der Waals surface area contributed by atoms with Gasteiger partial charge in [0, 0.05) is 149 Å². The lowest BCUT2D eigenvalue weighted by atomic mass is 9.95. The largest absolute Gasteiger partial charge is 0.469 e. The number of carbonyl (C=O) groups is 3. The number of methoxy groups -OCH3 is 1. The summed E-state index contributed by atoms with van der Waals surface area (Å²) in [5.41, 5.74) is 14.1. The number of aromatic nitrogens is 12. The van der Waals surface area contributed by atoms with E-state index in [9.17, 15) is 14.4 Å². The second-order valence-corrected chi connectivity index (χ2v) is 44.0. The number of thiophene rings is 4. The Morgan fingerprint density at radius 3 is 1.12 bits per heavy atom. The second-order valence-electron chi connectivity index (χ2n) is 37.5. The molecule has 7 aliphatic heterocycles. The van der Waals surface area contributed by atoms with Gasteiger partial charge in [-0.1, -0.05) is 94.9 Å². The number of ether oxygens (including phenoxy) is 5.